The molecule has 7 nitrogen and oxygen atoms in total. The van der Waals surface area contributed by atoms with Crippen LogP contribution in [0, 0.1) is 5.92 Å². The summed E-state index contributed by atoms with van der Waals surface area (Å²) >= 11 is 0. The summed E-state index contributed by atoms with van der Waals surface area (Å²) in [5.41, 5.74) is 2.78. The first kappa shape index (κ1) is 18.1. The summed E-state index contributed by atoms with van der Waals surface area (Å²) in [6.45, 7) is 5.54. The Bertz CT molecular complexity index is 778. The molecule has 27 heavy (non-hydrogen) atoms. The van der Waals surface area contributed by atoms with E-state index in [0.29, 0.717) is 30.5 Å². The maximum atomic E-state index is 12.7. The smallest absolute Gasteiger partial charge is 0.255 e. The summed E-state index contributed by atoms with van der Waals surface area (Å²) in [7, 11) is 0. The molecule has 3 aliphatic rings. The van der Waals surface area contributed by atoms with E-state index in [9.17, 15) is 14.4 Å². The number of benzene rings is 1. The fourth-order valence-electron chi connectivity index (χ4n) is 4.30. The molecule has 0 radical (unpaired) electrons. The van der Waals surface area contributed by atoms with Crippen molar-refractivity contribution in [2.24, 2.45) is 5.92 Å². The molecule has 2 fully saturated rings. The molecule has 0 spiro atoms. The molecule has 0 aromatic heterocycles. The van der Waals surface area contributed by atoms with E-state index < -0.39 is 6.04 Å². The van der Waals surface area contributed by atoms with Crippen molar-refractivity contribution in [3.8, 4) is 0 Å². The van der Waals surface area contributed by atoms with Gasteiger partial charge in [-0.05, 0) is 49.0 Å². The van der Waals surface area contributed by atoms with Gasteiger partial charge in [-0.3, -0.25) is 19.7 Å². The van der Waals surface area contributed by atoms with Crippen LogP contribution in [-0.2, 0) is 22.7 Å². The number of piperidine rings is 2. The van der Waals surface area contributed by atoms with Crippen molar-refractivity contribution in [3.63, 3.8) is 0 Å². The predicted octanol–water partition coefficient (Wildman–Crippen LogP) is 0.535. The Labute approximate surface area is 158 Å². The largest absolute Gasteiger partial charge is 0.322 e. The molecular weight excluding hydrogens is 344 g/mol. The van der Waals surface area contributed by atoms with Gasteiger partial charge >= 0.3 is 0 Å². The third kappa shape index (κ3) is 3.61. The van der Waals surface area contributed by atoms with Gasteiger partial charge in [0.25, 0.3) is 5.91 Å². The van der Waals surface area contributed by atoms with E-state index in [1.807, 2.05) is 12.1 Å². The van der Waals surface area contributed by atoms with E-state index in [1.165, 1.54) is 0 Å². The van der Waals surface area contributed by atoms with Gasteiger partial charge in [0, 0.05) is 31.1 Å². The molecule has 3 amide bonds. The van der Waals surface area contributed by atoms with Crippen molar-refractivity contribution < 1.29 is 14.4 Å². The Hall–Kier alpha value is -2.25. The Balaban J connectivity index is 1.43. The third-order valence-electron chi connectivity index (χ3n) is 5.94. The predicted molar refractivity (Wildman–Crippen MR) is 99.8 cm³/mol. The number of hydrogen-bond acceptors (Lipinski definition) is 5. The fourth-order valence-corrected chi connectivity index (χ4v) is 4.30. The minimum Gasteiger partial charge on any atom is -0.322 e. The minimum atomic E-state index is -0.556. The second-order valence-corrected chi connectivity index (χ2v) is 7.85. The van der Waals surface area contributed by atoms with Crippen molar-refractivity contribution in [3.05, 3.63) is 34.9 Å². The zero-order chi connectivity index (χ0) is 19.0. The van der Waals surface area contributed by atoms with Crippen LogP contribution >= 0.6 is 0 Å². The third-order valence-corrected chi connectivity index (χ3v) is 5.94. The quantitative estimate of drug-likeness (QED) is 0.673. The van der Waals surface area contributed by atoms with Crippen LogP contribution in [0.1, 0.15) is 47.7 Å². The molecule has 4 rings (SSSR count). The standard InChI is InChI=1S/C20H26N4O3/c1-12-9-21-7-6-16(12)22-10-13-2-3-15-14(8-13)11-24(20(15)27)17-4-5-18(25)23-19(17)26/h2-3,8,12,16-17,21-22H,4-7,9-11H2,1H3,(H,23,25,26). The van der Waals surface area contributed by atoms with Gasteiger partial charge in [0.1, 0.15) is 6.04 Å². The van der Waals surface area contributed by atoms with Crippen molar-refractivity contribution in [1.82, 2.24) is 20.9 Å². The average molecular weight is 370 g/mol. The van der Waals surface area contributed by atoms with Crippen molar-refractivity contribution in [1.29, 1.82) is 0 Å². The van der Waals surface area contributed by atoms with E-state index in [0.717, 1.165) is 37.2 Å². The Morgan fingerprint density at radius 1 is 1.22 bits per heavy atom. The lowest BCUT2D eigenvalue weighted by Gasteiger charge is -2.30. The van der Waals surface area contributed by atoms with Crippen molar-refractivity contribution in [2.45, 2.75) is 51.4 Å². The Kier molecular flexibility index (Phi) is 4.97. The van der Waals surface area contributed by atoms with Gasteiger partial charge in [-0.2, -0.15) is 0 Å². The SMILES string of the molecule is CC1CNCCC1NCc1ccc2c(c1)CN(C1CCC(=O)NC1=O)C2=O. The Morgan fingerprint density at radius 3 is 2.85 bits per heavy atom. The topological polar surface area (TPSA) is 90.5 Å². The van der Waals surface area contributed by atoms with Crippen molar-refractivity contribution >= 4 is 17.7 Å². The number of nitrogens with zero attached hydrogens (tertiary/aromatic N) is 1. The molecule has 1 aromatic carbocycles. The zero-order valence-electron chi connectivity index (χ0n) is 15.6. The lowest BCUT2D eigenvalue weighted by Crippen LogP contribution is -2.52. The van der Waals surface area contributed by atoms with Gasteiger partial charge in [0.05, 0.1) is 0 Å². The molecule has 1 aromatic rings. The normalized spacial score (nSPS) is 28.3. The van der Waals surface area contributed by atoms with Crippen LogP contribution in [0.2, 0.25) is 0 Å². The molecular formula is C20H26N4O3. The Morgan fingerprint density at radius 2 is 2.07 bits per heavy atom. The first-order valence-electron chi connectivity index (χ1n) is 9.73. The molecule has 0 aliphatic carbocycles. The molecule has 3 heterocycles. The van der Waals surface area contributed by atoms with Crippen molar-refractivity contribution in [2.75, 3.05) is 13.1 Å². The maximum absolute atomic E-state index is 12.7. The van der Waals surface area contributed by atoms with E-state index in [1.54, 1.807) is 4.90 Å². The number of amides is 3. The van der Waals surface area contributed by atoms with E-state index >= 15 is 0 Å². The second-order valence-electron chi connectivity index (χ2n) is 7.85. The van der Waals surface area contributed by atoms with Gasteiger partial charge in [-0.15, -0.1) is 0 Å². The molecule has 3 unspecified atom stereocenters. The molecule has 3 N–H and O–H groups in total. The van der Waals surface area contributed by atoms with E-state index in [4.69, 9.17) is 0 Å². The number of rotatable bonds is 4. The van der Waals surface area contributed by atoms with Gasteiger partial charge in [0.15, 0.2) is 0 Å². The van der Waals surface area contributed by atoms with Gasteiger partial charge in [-0.1, -0.05) is 19.1 Å². The number of imide groups is 1. The van der Waals surface area contributed by atoms with Crippen LogP contribution in [-0.4, -0.2) is 47.8 Å². The molecule has 3 aliphatic heterocycles. The molecule has 0 bridgehead atoms. The molecule has 144 valence electrons. The van der Waals surface area contributed by atoms with Crippen LogP contribution in [0.25, 0.3) is 0 Å². The summed E-state index contributed by atoms with van der Waals surface area (Å²) in [5.74, 6) is -0.154. The van der Waals surface area contributed by atoms with Crippen LogP contribution in [0.5, 0.6) is 0 Å². The summed E-state index contributed by atoms with van der Waals surface area (Å²) in [4.78, 5) is 37.8. The van der Waals surface area contributed by atoms with Crippen LogP contribution < -0.4 is 16.0 Å². The molecule has 0 saturated carbocycles. The van der Waals surface area contributed by atoms with Crippen LogP contribution in [0.15, 0.2) is 18.2 Å². The number of hydrogen-bond donors (Lipinski definition) is 3. The van der Waals surface area contributed by atoms with Crippen LogP contribution in [0.3, 0.4) is 0 Å². The van der Waals surface area contributed by atoms with Gasteiger partial charge in [-0.25, -0.2) is 0 Å². The lowest BCUT2D eigenvalue weighted by atomic mass is 9.95. The monoisotopic (exact) mass is 370 g/mol. The van der Waals surface area contributed by atoms with E-state index in [2.05, 4.69) is 28.9 Å². The highest BCUT2D eigenvalue weighted by Gasteiger charge is 2.39. The molecule has 7 heteroatoms. The van der Waals surface area contributed by atoms with E-state index in [-0.39, 0.29) is 24.1 Å². The maximum Gasteiger partial charge on any atom is 0.255 e. The summed E-state index contributed by atoms with van der Waals surface area (Å²) < 4.78 is 0. The first-order valence-corrected chi connectivity index (χ1v) is 9.73. The average Bonchev–Trinajstić information content (AvgIpc) is 2.97. The fraction of sp³-hybridized carbons (Fsp3) is 0.550. The summed E-state index contributed by atoms with van der Waals surface area (Å²) in [5, 5.41) is 9.38. The summed E-state index contributed by atoms with van der Waals surface area (Å²) in [6.07, 6.45) is 1.79. The zero-order valence-corrected chi connectivity index (χ0v) is 15.6. The number of nitrogens with one attached hydrogen (secondary N) is 3. The number of carbonyl (C=O) groups excluding carboxylic acids is 3. The number of fused-ring (bicyclic) bond motifs is 1. The van der Waals surface area contributed by atoms with Crippen LogP contribution in [0.4, 0.5) is 0 Å². The molecule has 2 saturated heterocycles. The minimum absolute atomic E-state index is 0.119. The van der Waals surface area contributed by atoms with Gasteiger partial charge < -0.3 is 15.5 Å². The number of carbonyl (C=O) groups is 3. The van der Waals surface area contributed by atoms with Gasteiger partial charge in [0.2, 0.25) is 11.8 Å². The lowest BCUT2D eigenvalue weighted by molar-refractivity contribution is -0.136. The second kappa shape index (κ2) is 7.40. The highest BCUT2D eigenvalue weighted by Crippen LogP contribution is 2.28. The highest BCUT2D eigenvalue weighted by molar-refractivity contribution is 6.05. The highest BCUT2D eigenvalue weighted by atomic mass is 16.2. The summed E-state index contributed by atoms with van der Waals surface area (Å²) in [6, 6.07) is 5.87. The first-order chi connectivity index (χ1) is 13.0. The molecule has 3 atom stereocenters.